The van der Waals surface area contributed by atoms with Crippen molar-refractivity contribution in [2.45, 2.75) is 0 Å². The number of hydrogen-bond donors (Lipinski definition) is 1. The fraction of sp³-hybridized carbons (Fsp3) is 0.125. The summed E-state index contributed by atoms with van der Waals surface area (Å²) in [5.41, 5.74) is 0.275. The summed E-state index contributed by atoms with van der Waals surface area (Å²) in [4.78, 5) is 23.3. The zero-order valence-electron chi connectivity index (χ0n) is 11.9. The van der Waals surface area contributed by atoms with Crippen molar-refractivity contribution >= 4 is 40.8 Å². The molecule has 0 bridgehead atoms. The van der Waals surface area contributed by atoms with Gasteiger partial charge in [0.1, 0.15) is 5.75 Å². The van der Waals surface area contributed by atoms with E-state index in [9.17, 15) is 9.59 Å². The van der Waals surface area contributed by atoms with Crippen LogP contribution in [0.15, 0.2) is 48.5 Å². The second-order valence-corrected chi connectivity index (χ2v) is 5.22. The highest BCUT2D eigenvalue weighted by Gasteiger charge is 2.12. The lowest BCUT2D eigenvalue weighted by Crippen LogP contribution is -2.23. The molecular weight excluding hydrogens is 341 g/mol. The molecule has 0 spiro atoms. The first kappa shape index (κ1) is 17.1. The minimum absolute atomic E-state index is 0.275. The fourth-order valence-electron chi connectivity index (χ4n) is 1.64. The van der Waals surface area contributed by atoms with Gasteiger partial charge in [-0.05, 0) is 24.3 Å². The van der Waals surface area contributed by atoms with Gasteiger partial charge in [-0.1, -0.05) is 47.5 Å². The zero-order chi connectivity index (χ0) is 16.7. The Hall–Kier alpha value is -2.24. The molecule has 0 saturated heterocycles. The van der Waals surface area contributed by atoms with Gasteiger partial charge < -0.3 is 14.8 Å². The summed E-state index contributed by atoms with van der Waals surface area (Å²) in [5.74, 6) is -0.668. The molecule has 7 heteroatoms. The van der Waals surface area contributed by atoms with Crippen molar-refractivity contribution in [3.05, 3.63) is 58.6 Å². The van der Waals surface area contributed by atoms with Gasteiger partial charge in [0, 0.05) is 0 Å². The number of carbonyl (C=O) groups is 2. The van der Waals surface area contributed by atoms with E-state index < -0.39 is 18.5 Å². The molecule has 0 unspecified atom stereocenters. The second kappa shape index (κ2) is 8.41. The largest absolute Gasteiger partial charge is 0.482 e. The zero-order valence-corrected chi connectivity index (χ0v) is 13.4. The van der Waals surface area contributed by atoms with Crippen LogP contribution in [0.1, 0.15) is 0 Å². The van der Waals surface area contributed by atoms with Crippen LogP contribution in [0.3, 0.4) is 0 Å². The van der Waals surface area contributed by atoms with Gasteiger partial charge >= 0.3 is 5.97 Å². The third-order valence-electron chi connectivity index (χ3n) is 2.69. The summed E-state index contributed by atoms with van der Waals surface area (Å²) in [6, 6.07) is 13.6. The number of amides is 1. The topological polar surface area (TPSA) is 64.6 Å². The summed E-state index contributed by atoms with van der Waals surface area (Å²) >= 11 is 11.9. The van der Waals surface area contributed by atoms with Gasteiger partial charge in [-0.25, -0.2) is 4.79 Å². The molecular formula is C16H13Cl2NO4. The number of para-hydroxylation sites is 2. The Morgan fingerprint density at radius 2 is 1.57 bits per heavy atom. The van der Waals surface area contributed by atoms with Crippen molar-refractivity contribution < 1.29 is 19.1 Å². The SMILES string of the molecule is O=C(COC(=O)COc1ccccc1)Nc1c(Cl)cccc1Cl. The van der Waals surface area contributed by atoms with Gasteiger partial charge in [-0.15, -0.1) is 0 Å². The normalized spacial score (nSPS) is 10.0. The number of anilines is 1. The third-order valence-corrected chi connectivity index (χ3v) is 3.32. The van der Waals surface area contributed by atoms with Crippen LogP contribution in [0, 0.1) is 0 Å². The molecule has 2 aromatic rings. The number of ether oxygens (including phenoxy) is 2. The first-order chi connectivity index (χ1) is 11.1. The molecule has 1 amide bonds. The van der Waals surface area contributed by atoms with Crippen LogP contribution in [0.2, 0.25) is 10.0 Å². The van der Waals surface area contributed by atoms with Crippen LogP contribution in [-0.4, -0.2) is 25.1 Å². The molecule has 0 aliphatic carbocycles. The Balaban J connectivity index is 1.77. The molecule has 0 aliphatic rings. The van der Waals surface area contributed by atoms with Crippen LogP contribution >= 0.6 is 23.2 Å². The van der Waals surface area contributed by atoms with E-state index in [1.54, 1.807) is 42.5 Å². The predicted molar refractivity (Wildman–Crippen MR) is 88.0 cm³/mol. The van der Waals surface area contributed by atoms with Crippen LogP contribution in [-0.2, 0) is 14.3 Å². The standard InChI is InChI=1S/C16H13Cl2NO4/c17-12-7-4-8-13(18)16(12)19-14(20)9-23-15(21)10-22-11-5-2-1-3-6-11/h1-8H,9-10H2,(H,19,20). The van der Waals surface area contributed by atoms with E-state index in [0.29, 0.717) is 15.8 Å². The molecule has 120 valence electrons. The first-order valence-electron chi connectivity index (χ1n) is 6.63. The number of hydrogen-bond acceptors (Lipinski definition) is 4. The quantitative estimate of drug-likeness (QED) is 0.806. The van der Waals surface area contributed by atoms with Crippen molar-refractivity contribution in [2.75, 3.05) is 18.5 Å². The van der Waals surface area contributed by atoms with Crippen molar-refractivity contribution in [1.29, 1.82) is 0 Å². The molecule has 23 heavy (non-hydrogen) atoms. The Morgan fingerprint density at radius 3 is 2.22 bits per heavy atom. The van der Waals surface area contributed by atoms with Gasteiger partial charge in [-0.2, -0.15) is 0 Å². The Bertz CT molecular complexity index is 671. The average molecular weight is 354 g/mol. The van der Waals surface area contributed by atoms with Gasteiger partial charge in [0.25, 0.3) is 5.91 Å². The smallest absolute Gasteiger partial charge is 0.344 e. The van der Waals surface area contributed by atoms with E-state index in [4.69, 9.17) is 32.7 Å². The van der Waals surface area contributed by atoms with E-state index in [-0.39, 0.29) is 12.3 Å². The Kier molecular flexibility index (Phi) is 6.26. The number of esters is 1. The predicted octanol–water partition coefficient (Wildman–Crippen LogP) is 3.55. The highest BCUT2D eigenvalue weighted by Crippen LogP contribution is 2.29. The summed E-state index contributed by atoms with van der Waals surface area (Å²) in [6.45, 7) is -0.747. The Labute approximate surface area is 143 Å². The number of halogens is 2. The number of carbonyl (C=O) groups excluding carboxylic acids is 2. The lowest BCUT2D eigenvalue weighted by Gasteiger charge is -2.10. The molecule has 0 radical (unpaired) electrons. The Morgan fingerprint density at radius 1 is 0.913 bits per heavy atom. The van der Waals surface area contributed by atoms with E-state index in [2.05, 4.69) is 5.32 Å². The van der Waals surface area contributed by atoms with Crippen molar-refractivity contribution in [3.63, 3.8) is 0 Å². The molecule has 2 aromatic carbocycles. The molecule has 1 N–H and O–H groups in total. The highest BCUT2D eigenvalue weighted by molar-refractivity contribution is 6.39. The van der Waals surface area contributed by atoms with Crippen LogP contribution < -0.4 is 10.1 Å². The maximum Gasteiger partial charge on any atom is 0.344 e. The molecule has 0 atom stereocenters. The third kappa shape index (κ3) is 5.47. The lowest BCUT2D eigenvalue weighted by atomic mass is 10.3. The van der Waals surface area contributed by atoms with E-state index in [1.807, 2.05) is 6.07 Å². The first-order valence-corrected chi connectivity index (χ1v) is 7.39. The molecule has 0 fully saturated rings. The summed E-state index contributed by atoms with van der Waals surface area (Å²) in [6.07, 6.45) is 0. The molecule has 5 nitrogen and oxygen atoms in total. The molecule has 2 rings (SSSR count). The second-order valence-electron chi connectivity index (χ2n) is 4.41. The number of nitrogens with one attached hydrogen (secondary N) is 1. The van der Waals surface area contributed by atoms with Crippen molar-refractivity contribution in [3.8, 4) is 5.75 Å². The van der Waals surface area contributed by atoms with Crippen molar-refractivity contribution in [1.82, 2.24) is 0 Å². The van der Waals surface area contributed by atoms with E-state index in [0.717, 1.165) is 0 Å². The molecule has 0 aliphatic heterocycles. The molecule has 0 aromatic heterocycles. The van der Waals surface area contributed by atoms with Crippen LogP contribution in [0.4, 0.5) is 5.69 Å². The van der Waals surface area contributed by atoms with Crippen LogP contribution in [0.5, 0.6) is 5.75 Å². The van der Waals surface area contributed by atoms with Gasteiger partial charge in [0.05, 0.1) is 15.7 Å². The maximum absolute atomic E-state index is 11.7. The van der Waals surface area contributed by atoms with E-state index in [1.165, 1.54) is 0 Å². The average Bonchev–Trinajstić information content (AvgIpc) is 2.55. The van der Waals surface area contributed by atoms with Gasteiger partial charge in [0.2, 0.25) is 0 Å². The van der Waals surface area contributed by atoms with Crippen molar-refractivity contribution in [2.24, 2.45) is 0 Å². The van der Waals surface area contributed by atoms with Gasteiger partial charge in [0.15, 0.2) is 13.2 Å². The highest BCUT2D eigenvalue weighted by atomic mass is 35.5. The fourth-order valence-corrected chi connectivity index (χ4v) is 2.13. The van der Waals surface area contributed by atoms with Gasteiger partial charge in [-0.3, -0.25) is 4.79 Å². The lowest BCUT2D eigenvalue weighted by molar-refractivity contribution is -0.149. The number of benzene rings is 2. The van der Waals surface area contributed by atoms with Crippen LogP contribution in [0.25, 0.3) is 0 Å². The summed E-state index contributed by atoms with van der Waals surface area (Å²) in [7, 11) is 0. The monoisotopic (exact) mass is 353 g/mol. The molecule has 0 heterocycles. The summed E-state index contributed by atoms with van der Waals surface area (Å²) < 4.78 is 10.0. The maximum atomic E-state index is 11.7. The number of rotatable bonds is 6. The molecule has 0 saturated carbocycles. The summed E-state index contributed by atoms with van der Waals surface area (Å²) in [5, 5.41) is 3.08. The minimum Gasteiger partial charge on any atom is -0.482 e. The van der Waals surface area contributed by atoms with E-state index >= 15 is 0 Å². The minimum atomic E-state index is -0.658.